The summed E-state index contributed by atoms with van der Waals surface area (Å²) < 4.78 is 10.9. The molecule has 2 fully saturated rings. The fourth-order valence-electron chi connectivity index (χ4n) is 3.89. The maximum atomic E-state index is 12.6. The van der Waals surface area contributed by atoms with E-state index in [-0.39, 0.29) is 6.42 Å². The first-order valence-electron chi connectivity index (χ1n) is 6.64. The zero-order valence-corrected chi connectivity index (χ0v) is 13.2. The Hall–Kier alpha value is -0.650. The highest BCUT2D eigenvalue weighted by Crippen LogP contribution is 2.68. The lowest BCUT2D eigenvalue weighted by Gasteiger charge is -2.39. The first kappa shape index (κ1) is 15.3. The van der Waals surface area contributed by atoms with Crippen LogP contribution in [0.2, 0.25) is 0 Å². The summed E-state index contributed by atoms with van der Waals surface area (Å²) >= 11 is 13.3. The minimum atomic E-state index is -1.57. The van der Waals surface area contributed by atoms with Gasteiger partial charge in [0.1, 0.15) is 11.0 Å². The number of carbonyl (C=O) groups is 1. The first-order valence-corrected chi connectivity index (χ1v) is 7.40. The predicted molar refractivity (Wildman–Crippen MR) is 78.7 cm³/mol. The third-order valence-corrected chi connectivity index (χ3v) is 6.13. The van der Waals surface area contributed by atoms with Gasteiger partial charge in [0, 0.05) is 20.1 Å². The number of rotatable bonds is 3. The Kier molecular flexibility index (Phi) is 3.39. The fourth-order valence-corrected chi connectivity index (χ4v) is 5.12. The zero-order valence-electron chi connectivity index (χ0n) is 11.7. The van der Waals surface area contributed by atoms with Crippen LogP contribution in [0.4, 0.5) is 0 Å². The van der Waals surface area contributed by atoms with Crippen LogP contribution in [0.5, 0.6) is 0 Å². The Morgan fingerprint density at radius 3 is 2.24 bits per heavy atom. The minimum absolute atomic E-state index is 0.288. The molecule has 0 unspecified atom stereocenters. The quantitative estimate of drug-likeness (QED) is 0.680. The van der Waals surface area contributed by atoms with Crippen molar-refractivity contribution in [2.24, 2.45) is 0 Å². The highest BCUT2D eigenvalue weighted by Gasteiger charge is 2.85. The highest BCUT2D eigenvalue weighted by molar-refractivity contribution is 6.44. The Morgan fingerprint density at radius 1 is 1.19 bits per heavy atom. The van der Waals surface area contributed by atoms with Gasteiger partial charge in [0.05, 0.1) is 0 Å². The Balaban J connectivity index is 2.21. The van der Waals surface area contributed by atoms with Crippen molar-refractivity contribution in [1.82, 2.24) is 0 Å². The summed E-state index contributed by atoms with van der Waals surface area (Å²) in [7, 11) is 2.77. The third kappa shape index (κ3) is 1.50. The zero-order chi connectivity index (χ0) is 15.5. The molecule has 2 bridgehead atoms. The van der Waals surface area contributed by atoms with E-state index in [1.54, 1.807) is 0 Å². The van der Waals surface area contributed by atoms with Crippen LogP contribution in [-0.2, 0) is 14.3 Å². The number of aliphatic hydroxyl groups is 1. The van der Waals surface area contributed by atoms with Gasteiger partial charge >= 0.3 is 0 Å². The van der Waals surface area contributed by atoms with E-state index in [1.165, 1.54) is 14.2 Å². The molecule has 2 aliphatic carbocycles. The van der Waals surface area contributed by atoms with E-state index < -0.39 is 33.3 Å². The lowest BCUT2D eigenvalue weighted by Crippen LogP contribution is -2.57. The van der Waals surface area contributed by atoms with Crippen LogP contribution in [0.3, 0.4) is 0 Å². The number of alkyl halides is 2. The van der Waals surface area contributed by atoms with Crippen LogP contribution in [0.1, 0.15) is 17.9 Å². The SMILES string of the molecule is COC1(OC)[C@@]2(Cl)C[C@H](c3ccccc3)[C@]1(Cl)C(=O)[C@@H]2O. The van der Waals surface area contributed by atoms with Gasteiger partial charge in [0.15, 0.2) is 10.7 Å². The van der Waals surface area contributed by atoms with Gasteiger partial charge in [-0.05, 0) is 12.0 Å². The van der Waals surface area contributed by atoms with E-state index >= 15 is 0 Å². The lowest BCUT2D eigenvalue weighted by atomic mass is 9.80. The molecular weight excluding hydrogens is 315 g/mol. The molecule has 1 aromatic carbocycles. The van der Waals surface area contributed by atoms with Gasteiger partial charge in [-0.15, -0.1) is 23.2 Å². The monoisotopic (exact) mass is 330 g/mol. The molecule has 2 aliphatic rings. The summed E-state index contributed by atoms with van der Waals surface area (Å²) in [6.45, 7) is 0. The van der Waals surface area contributed by atoms with E-state index in [2.05, 4.69) is 0 Å². The average molecular weight is 331 g/mol. The smallest absolute Gasteiger partial charge is 0.217 e. The van der Waals surface area contributed by atoms with Gasteiger partial charge in [0.25, 0.3) is 0 Å². The molecule has 0 spiro atoms. The average Bonchev–Trinajstić information content (AvgIpc) is 2.79. The molecule has 3 rings (SSSR count). The van der Waals surface area contributed by atoms with Crippen molar-refractivity contribution in [3.05, 3.63) is 35.9 Å². The van der Waals surface area contributed by atoms with Gasteiger partial charge in [0.2, 0.25) is 5.79 Å². The van der Waals surface area contributed by atoms with Crippen LogP contribution >= 0.6 is 23.2 Å². The van der Waals surface area contributed by atoms with Crippen LogP contribution in [0.15, 0.2) is 30.3 Å². The molecule has 1 aromatic rings. The molecule has 21 heavy (non-hydrogen) atoms. The first-order chi connectivity index (χ1) is 9.89. The van der Waals surface area contributed by atoms with Crippen LogP contribution in [0.25, 0.3) is 0 Å². The second-order valence-electron chi connectivity index (χ2n) is 5.53. The molecule has 114 valence electrons. The molecule has 0 amide bonds. The Labute approximate surface area is 132 Å². The molecule has 0 aliphatic heterocycles. The van der Waals surface area contributed by atoms with Crippen molar-refractivity contribution in [2.45, 2.75) is 34.0 Å². The third-order valence-electron chi connectivity index (χ3n) is 4.82. The molecule has 0 aromatic heterocycles. The molecule has 0 heterocycles. The topological polar surface area (TPSA) is 55.8 Å². The van der Waals surface area contributed by atoms with Crippen molar-refractivity contribution in [3.63, 3.8) is 0 Å². The maximum Gasteiger partial charge on any atom is 0.217 e. The normalized spacial score (nSPS) is 40.7. The Bertz CT molecular complexity index is 574. The number of hydrogen-bond donors (Lipinski definition) is 1. The fraction of sp³-hybridized carbons (Fsp3) is 0.533. The van der Waals surface area contributed by atoms with Crippen molar-refractivity contribution < 1.29 is 19.4 Å². The number of methoxy groups -OCH3 is 2. The number of benzene rings is 1. The van der Waals surface area contributed by atoms with E-state index in [0.717, 1.165) is 5.56 Å². The second kappa shape index (κ2) is 4.67. The molecule has 0 saturated heterocycles. The summed E-state index contributed by atoms with van der Waals surface area (Å²) in [6.07, 6.45) is -1.13. The van der Waals surface area contributed by atoms with Gasteiger partial charge < -0.3 is 14.6 Å². The van der Waals surface area contributed by atoms with Crippen molar-refractivity contribution in [1.29, 1.82) is 0 Å². The molecule has 4 atom stereocenters. The van der Waals surface area contributed by atoms with Crippen molar-refractivity contribution >= 4 is 29.0 Å². The van der Waals surface area contributed by atoms with Crippen LogP contribution < -0.4 is 0 Å². The number of fused-ring (bicyclic) bond motifs is 2. The van der Waals surface area contributed by atoms with Crippen molar-refractivity contribution in [2.75, 3.05) is 14.2 Å². The summed E-state index contributed by atoms with van der Waals surface area (Å²) in [5, 5.41) is 10.2. The van der Waals surface area contributed by atoms with Gasteiger partial charge in [-0.25, -0.2) is 0 Å². The predicted octanol–water partition coefficient (Wildman–Crippen LogP) is 2.06. The molecule has 4 nitrogen and oxygen atoms in total. The maximum absolute atomic E-state index is 12.6. The number of hydrogen-bond acceptors (Lipinski definition) is 4. The number of Topliss-reactive ketones (excluding diaryl/α,β-unsaturated/α-hetero) is 1. The van der Waals surface area contributed by atoms with Gasteiger partial charge in [-0.1, -0.05) is 30.3 Å². The highest BCUT2D eigenvalue weighted by atomic mass is 35.5. The Morgan fingerprint density at radius 2 is 1.76 bits per heavy atom. The standard InChI is InChI=1S/C15H16Cl2O4/c1-20-15(21-2)13(16)8-10(9-6-4-3-5-7-9)14(15,17)12(19)11(13)18/h3-7,10-11,18H,8H2,1-2H3/t10-,11+,13-,14+/m1/s1. The lowest BCUT2D eigenvalue weighted by molar-refractivity contribution is -0.224. The van der Waals surface area contributed by atoms with Crippen molar-refractivity contribution in [3.8, 4) is 0 Å². The number of ketones is 1. The largest absolute Gasteiger partial charge is 0.383 e. The van der Waals surface area contributed by atoms with Crippen LogP contribution in [-0.4, -0.2) is 46.7 Å². The number of halogens is 2. The summed E-state index contributed by atoms with van der Waals surface area (Å²) in [5.41, 5.74) is 0.869. The van der Waals surface area contributed by atoms with E-state index in [9.17, 15) is 9.90 Å². The summed E-state index contributed by atoms with van der Waals surface area (Å²) in [5.74, 6) is -2.52. The van der Waals surface area contributed by atoms with E-state index in [0.29, 0.717) is 0 Å². The van der Waals surface area contributed by atoms with Gasteiger partial charge in [-0.3, -0.25) is 4.79 Å². The molecule has 6 heteroatoms. The summed E-state index contributed by atoms with van der Waals surface area (Å²) in [4.78, 5) is 9.62. The number of ether oxygens (including phenoxy) is 2. The molecular formula is C15H16Cl2O4. The van der Waals surface area contributed by atoms with Crippen LogP contribution in [0, 0.1) is 0 Å². The molecule has 1 N–H and O–H groups in total. The minimum Gasteiger partial charge on any atom is -0.383 e. The van der Waals surface area contributed by atoms with Gasteiger partial charge in [-0.2, -0.15) is 0 Å². The second-order valence-corrected chi connectivity index (χ2v) is 6.80. The molecule has 0 radical (unpaired) electrons. The van der Waals surface area contributed by atoms with E-state index in [4.69, 9.17) is 32.7 Å². The van der Waals surface area contributed by atoms with E-state index in [1.807, 2.05) is 30.3 Å². The molecule has 2 saturated carbocycles. The number of carbonyl (C=O) groups excluding carboxylic acids is 1. The number of aliphatic hydroxyl groups excluding tert-OH is 1. The summed E-state index contributed by atoms with van der Waals surface area (Å²) in [6, 6.07) is 9.37.